The summed E-state index contributed by atoms with van der Waals surface area (Å²) in [5, 5.41) is 6.19. The summed E-state index contributed by atoms with van der Waals surface area (Å²) in [6.45, 7) is 15.4. The minimum atomic E-state index is -0.463. The van der Waals surface area contributed by atoms with Crippen molar-refractivity contribution in [2.75, 3.05) is 13.1 Å². The van der Waals surface area contributed by atoms with Crippen molar-refractivity contribution in [1.29, 1.82) is 0 Å². The van der Waals surface area contributed by atoms with Gasteiger partial charge in [0.2, 0.25) is 0 Å². The van der Waals surface area contributed by atoms with Crippen LogP contribution in [0.25, 0.3) is 0 Å². The minimum absolute atomic E-state index is 0.285. The van der Waals surface area contributed by atoms with E-state index in [-0.39, 0.29) is 12.1 Å². The van der Waals surface area contributed by atoms with Crippen LogP contribution in [0.2, 0.25) is 0 Å². The quantitative estimate of drug-likeness (QED) is 0.762. The summed E-state index contributed by atoms with van der Waals surface area (Å²) >= 11 is 0. The molecule has 0 spiro atoms. The first-order valence-corrected chi connectivity index (χ1v) is 8.53. The van der Waals surface area contributed by atoms with Gasteiger partial charge in [0.25, 0.3) is 0 Å². The third kappa shape index (κ3) is 7.18. The van der Waals surface area contributed by atoms with Crippen molar-refractivity contribution in [2.45, 2.75) is 60.1 Å². The molecule has 0 heterocycles. The number of amides is 1. The summed E-state index contributed by atoms with van der Waals surface area (Å²) in [5.74, 6) is 0. The molecule has 0 fully saturated rings. The Kier molecular flexibility index (Phi) is 7.49. The standard InChI is InChI=1S/C20H32N2O2/c1-14-12-16(3)18(13-15(14)2)17(4)21-10-8-9-11-22-19(23)24-20(5,6)7/h8-9,12-13,17,21H,10-11H2,1-7H3,(H,22,23)/b9-8+. The van der Waals surface area contributed by atoms with E-state index in [0.717, 1.165) is 6.54 Å². The molecule has 1 atom stereocenters. The average molecular weight is 332 g/mol. The van der Waals surface area contributed by atoms with Gasteiger partial charge < -0.3 is 15.4 Å². The van der Waals surface area contributed by atoms with E-state index < -0.39 is 5.60 Å². The lowest BCUT2D eigenvalue weighted by atomic mass is 9.96. The van der Waals surface area contributed by atoms with E-state index in [2.05, 4.69) is 50.5 Å². The molecular formula is C20H32N2O2. The van der Waals surface area contributed by atoms with Crippen molar-refractivity contribution >= 4 is 6.09 Å². The van der Waals surface area contributed by atoms with Crippen LogP contribution in [0.5, 0.6) is 0 Å². The van der Waals surface area contributed by atoms with Crippen LogP contribution in [-0.4, -0.2) is 24.8 Å². The van der Waals surface area contributed by atoms with Crippen LogP contribution >= 0.6 is 0 Å². The van der Waals surface area contributed by atoms with Gasteiger partial charge in [0.05, 0.1) is 0 Å². The largest absolute Gasteiger partial charge is 0.444 e. The van der Waals surface area contributed by atoms with Crippen LogP contribution in [0, 0.1) is 20.8 Å². The van der Waals surface area contributed by atoms with Crippen molar-refractivity contribution < 1.29 is 9.53 Å². The zero-order valence-corrected chi connectivity index (χ0v) is 16.1. The first kappa shape index (κ1) is 20.2. The van der Waals surface area contributed by atoms with E-state index in [1.54, 1.807) is 0 Å². The smallest absolute Gasteiger partial charge is 0.407 e. The van der Waals surface area contributed by atoms with Gasteiger partial charge in [0, 0.05) is 19.1 Å². The highest BCUT2D eigenvalue weighted by Crippen LogP contribution is 2.21. The molecule has 2 N–H and O–H groups in total. The highest BCUT2D eigenvalue weighted by molar-refractivity contribution is 5.67. The van der Waals surface area contributed by atoms with E-state index >= 15 is 0 Å². The third-order valence-corrected chi connectivity index (χ3v) is 3.82. The number of carbonyl (C=O) groups excluding carboxylic acids is 1. The molecule has 1 aromatic rings. The Bertz CT molecular complexity index is 586. The second-order valence-corrected chi connectivity index (χ2v) is 7.28. The topological polar surface area (TPSA) is 50.4 Å². The molecule has 0 saturated carbocycles. The summed E-state index contributed by atoms with van der Waals surface area (Å²) in [4.78, 5) is 11.5. The number of alkyl carbamates (subject to hydrolysis) is 1. The van der Waals surface area contributed by atoms with Gasteiger partial charge in [-0.05, 0) is 70.7 Å². The normalized spacial score (nSPS) is 13.1. The number of ether oxygens (including phenoxy) is 1. The van der Waals surface area contributed by atoms with E-state index in [4.69, 9.17) is 4.74 Å². The number of nitrogens with one attached hydrogen (secondary N) is 2. The fraction of sp³-hybridized carbons (Fsp3) is 0.550. The van der Waals surface area contributed by atoms with Crippen molar-refractivity contribution in [3.63, 3.8) is 0 Å². The molecule has 0 aromatic heterocycles. The van der Waals surface area contributed by atoms with Gasteiger partial charge in [-0.25, -0.2) is 4.79 Å². The lowest BCUT2D eigenvalue weighted by molar-refractivity contribution is 0.0534. The van der Waals surface area contributed by atoms with Gasteiger partial charge in [-0.1, -0.05) is 24.3 Å². The lowest BCUT2D eigenvalue weighted by Crippen LogP contribution is -2.32. The fourth-order valence-electron chi connectivity index (χ4n) is 2.43. The predicted octanol–water partition coefficient (Wildman–Crippen LogP) is 4.34. The molecule has 1 amide bonds. The summed E-state index contributed by atoms with van der Waals surface area (Å²) in [6.07, 6.45) is 3.56. The molecule has 4 heteroatoms. The van der Waals surface area contributed by atoms with Crippen LogP contribution < -0.4 is 10.6 Å². The molecule has 1 rings (SSSR count). The Morgan fingerprint density at radius 1 is 1.08 bits per heavy atom. The highest BCUT2D eigenvalue weighted by Gasteiger charge is 2.15. The summed E-state index contributed by atoms with van der Waals surface area (Å²) in [6, 6.07) is 4.78. The Labute approximate surface area is 146 Å². The molecule has 24 heavy (non-hydrogen) atoms. The number of hydrogen-bond acceptors (Lipinski definition) is 3. The van der Waals surface area contributed by atoms with Crippen LogP contribution in [0.4, 0.5) is 4.79 Å². The molecule has 0 aliphatic heterocycles. The van der Waals surface area contributed by atoms with Crippen LogP contribution in [-0.2, 0) is 4.74 Å². The molecule has 0 radical (unpaired) electrons. The van der Waals surface area contributed by atoms with Gasteiger partial charge in [-0.15, -0.1) is 0 Å². The summed E-state index contributed by atoms with van der Waals surface area (Å²) in [7, 11) is 0. The first-order chi connectivity index (χ1) is 11.1. The molecule has 0 aliphatic rings. The molecule has 1 unspecified atom stereocenters. The highest BCUT2D eigenvalue weighted by atomic mass is 16.6. The predicted molar refractivity (Wildman–Crippen MR) is 100 cm³/mol. The number of hydrogen-bond donors (Lipinski definition) is 2. The van der Waals surface area contributed by atoms with Gasteiger partial charge in [0.15, 0.2) is 0 Å². The third-order valence-electron chi connectivity index (χ3n) is 3.82. The second-order valence-electron chi connectivity index (χ2n) is 7.28. The van der Waals surface area contributed by atoms with Crippen LogP contribution in [0.3, 0.4) is 0 Å². The Balaban J connectivity index is 2.37. The minimum Gasteiger partial charge on any atom is -0.444 e. The van der Waals surface area contributed by atoms with Crippen LogP contribution in [0.1, 0.15) is 56.0 Å². The number of benzene rings is 1. The Hall–Kier alpha value is -1.81. The fourth-order valence-corrected chi connectivity index (χ4v) is 2.43. The first-order valence-electron chi connectivity index (χ1n) is 8.53. The zero-order chi connectivity index (χ0) is 18.3. The van der Waals surface area contributed by atoms with Gasteiger partial charge in [0.1, 0.15) is 5.60 Å². The van der Waals surface area contributed by atoms with Crippen molar-refractivity contribution in [2.24, 2.45) is 0 Å². The molecular weight excluding hydrogens is 300 g/mol. The summed E-state index contributed by atoms with van der Waals surface area (Å²) in [5.41, 5.74) is 4.83. The van der Waals surface area contributed by atoms with Crippen molar-refractivity contribution in [1.82, 2.24) is 10.6 Å². The van der Waals surface area contributed by atoms with E-state index in [1.165, 1.54) is 22.3 Å². The van der Waals surface area contributed by atoms with Crippen LogP contribution in [0.15, 0.2) is 24.3 Å². The lowest BCUT2D eigenvalue weighted by Gasteiger charge is -2.19. The van der Waals surface area contributed by atoms with Gasteiger partial charge >= 0.3 is 6.09 Å². The van der Waals surface area contributed by atoms with E-state index in [1.807, 2.05) is 32.9 Å². The Morgan fingerprint density at radius 2 is 1.67 bits per heavy atom. The van der Waals surface area contributed by atoms with E-state index in [0.29, 0.717) is 6.54 Å². The van der Waals surface area contributed by atoms with Gasteiger partial charge in [-0.2, -0.15) is 0 Å². The molecule has 4 nitrogen and oxygen atoms in total. The number of rotatable bonds is 6. The maximum absolute atomic E-state index is 11.5. The Morgan fingerprint density at radius 3 is 2.29 bits per heavy atom. The monoisotopic (exact) mass is 332 g/mol. The molecule has 0 aliphatic carbocycles. The summed E-state index contributed by atoms with van der Waals surface area (Å²) < 4.78 is 5.17. The van der Waals surface area contributed by atoms with Crippen molar-refractivity contribution in [3.05, 3.63) is 46.5 Å². The second kappa shape index (κ2) is 8.88. The average Bonchev–Trinajstić information content (AvgIpc) is 2.44. The number of carbonyl (C=O) groups is 1. The van der Waals surface area contributed by atoms with E-state index in [9.17, 15) is 4.79 Å². The zero-order valence-electron chi connectivity index (χ0n) is 16.1. The molecule has 0 saturated heterocycles. The maximum Gasteiger partial charge on any atom is 0.407 e. The molecule has 1 aromatic carbocycles. The van der Waals surface area contributed by atoms with Gasteiger partial charge in [-0.3, -0.25) is 0 Å². The molecule has 134 valence electrons. The van der Waals surface area contributed by atoms with Crippen molar-refractivity contribution in [3.8, 4) is 0 Å². The SMILES string of the molecule is Cc1cc(C)c(C(C)NC/C=C/CNC(=O)OC(C)(C)C)cc1C. The maximum atomic E-state index is 11.5. The molecule has 0 bridgehead atoms. The number of aryl methyl sites for hydroxylation is 3.